The zero-order valence-electron chi connectivity index (χ0n) is 14.7. The fourth-order valence-electron chi connectivity index (χ4n) is 2.58. The molecule has 1 aliphatic rings. The molecule has 0 fully saturated rings. The Hall–Kier alpha value is -1.47. The Bertz CT molecular complexity index is 674. The standard InChI is InChI=1S/C17H24N2O3S2/c1-9-6-7-10-11(8-9)24-13(12(10)14(20)22-5)18-16(23)19-15(21)17(2,3)4/h9H,6-8H2,1-5H3,(H2,18,19,21,23). The van der Waals surface area contributed by atoms with E-state index in [0.29, 0.717) is 16.5 Å². The van der Waals surface area contributed by atoms with Gasteiger partial charge in [0.05, 0.1) is 12.7 Å². The van der Waals surface area contributed by atoms with Crippen LogP contribution in [-0.4, -0.2) is 24.1 Å². The number of esters is 1. The summed E-state index contributed by atoms with van der Waals surface area (Å²) in [7, 11) is 1.38. The van der Waals surface area contributed by atoms with Crippen LogP contribution in [0.4, 0.5) is 5.00 Å². The summed E-state index contributed by atoms with van der Waals surface area (Å²) in [5.41, 5.74) is 1.07. The van der Waals surface area contributed by atoms with Crippen LogP contribution >= 0.6 is 23.6 Å². The molecule has 0 saturated carbocycles. The van der Waals surface area contributed by atoms with Crippen molar-refractivity contribution in [3.05, 3.63) is 16.0 Å². The molecule has 1 aromatic heterocycles. The molecule has 1 heterocycles. The summed E-state index contributed by atoms with van der Waals surface area (Å²) in [6.45, 7) is 7.66. The Morgan fingerprint density at radius 3 is 2.58 bits per heavy atom. The molecule has 0 spiro atoms. The maximum absolute atomic E-state index is 12.2. The molecule has 1 atom stereocenters. The Labute approximate surface area is 152 Å². The monoisotopic (exact) mass is 368 g/mol. The number of nitrogens with one attached hydrogen (secondary N) is 2. The Morgan fingerprint density at radius 2 is 2.00 bits per heavy atom. The van der Waals surface area contributed by atoms with Crippen LogP contribution in [0.5, 0.6) is 0 Å². The predicted molar refractivity (Wildman–Crippen MR) is 101 cm³/mol. The maximum atomic E-state index is 12.2. The zero-order valence-corrected chi connectivity index (χ0v) is 16.4. The minimum atomic E-state index is -0.541. The van der Waals surface area contributed by atoms with Crippen molar-refractivity contribution in [2.75, 3.05) is 12.4 Å². The second kappa shape index (κ2) is 7.19. The quantitative estimate of drug-likeness (QED) is 0.617. The molecule has 1 unspecified atom stereocenters. The SMILES string of the molecule is COC(=O)c1c(NC(=S)NC(=O)C(C)(C)C)sc2c1CCC(C)C2. The first kappa shape index (κ1) is 18.9. The van der Waals surface area contributed by atoms with Crippen molar-refractivity contribution >= 4 is 45.5 Å². The van der Waals surface area contributed by atoms with Crippen molar-refractivity contribution in [1.29, 1.82) is 0 Å². The van der Waals surface area contributed by atoms with E-state index in [1.165, 1.54) is 23.3 Å². The second-order valence-corrected chi connectivity index (χ2v) is 8.72. The lowest BCUT2D eigenvalue weighted by Crippen LogP contribution is -2.41. The highest BCUT2D eigenvalue weighted by Crippen LogP contribution is 2.40. The fourth-order valence-corrected chi connectivity index (χ4v) is 4.24. The number of thiocarbonyl (C=S) groups is 1. The molecule has 7 heteroatoms. The molecule has 0 aromatic carbocycles. The highest BCUT2D eigenvalue weighted by atomic mass is 32.1. The number of rotatable bonds is 2. The van der Waals surface area contributed by atoms with Gasteiger partial charge >= 0.3 is 5.97 Å². The summed E-state index contributed by atoms with van der Waals surface area (Å²) in [6.07, 6.45) is 2.87. The van der Waals surface area contributed by atoms with E-state index in [1.807, 2.05) is 20.8 Å². The van der Waals surface area contributed by atoms with Crippen LogP contribution in [0.1, 0.15) is 54.9 Å². The van der Waals surface area contributed by atoms with E-state index in [9.17, 15) is 9.59 Å². The van der Waals surface area contributed by atoms with Crippen molar-refractivity contribution in [2.45, 2.75) is 47.0 Å². The lowest BCUT2D eigenvalue weighted by atomic mass is 9.88. The van der Waals surface area contributed by atoms with Gasteiger partial charge in [0.25, 0.3) is 0 Å². The number of anilines is 1. The third-order valence-corrected chi connectivity index (χ3v) is 5.41. The molecule has 24 heavy (non-hydrogen) atoms. The van der Waals surface area contributed by atoms with Gasteiger partial charge in [-0.3, -0.25) is 4.79 Å². The van der Waals surface area contributed by atoms with Crippen molar-refractivity contribution < 1.29 is 14.3 Å². The lowest BCUT2D eigenvalue weighted by molar-refractivity contribution is -0.126. The number of hydrogen-bond acceptors (Lipinski definition) is 5. The number of thiophene rings is 1. The van der Waals surface area contributed by atoms with Gasteiger partial charge in [-0.05, 0) is 43.0 Å². The van der Waals surface area contributed by atoms with Gasteiger partial charge in [0.1, 0.15) is 5.00 Å². The first-order valence-electron chi connectivity index (χ1n) is 7.98. The van der Waals surface area contributed by atoms with E-state index in [4.69, 9.17) is 17.0 Å². The number of hydrogen-bond donors (Lipinski definition) is 2. The Morgan fingerprint density at radius 1 is 1.33 bits per heavy atom. The van der Waals surface area contributed by atoms with Gasteiger partial charge < -0.3 is 15.4 Å². The smallest absolute Gasteiger partial charge is 0.341 e. The van der Waals surface area contributed by atoms with E-state index in [1.54, 1.807) is 0 Å². The third kappa shape index (κ3) is 4.13. The van der Waals surface area contributed by atoms with Gasteiger partial charge in [-0.2, -0.15) is 0 Å². The molecular formula is C17H24N2O3S2. The van der Waals surface area contributed by atoms with Crippen LogP contribution in [-0.2, 0) is 22.4 Å². The average Bonchev–Trinajstić information content (AvgIpc) is 2.81. The van der Waals surface area contributed by atoms with Crippen molar-refractivity contribution in [1.82, 2.24) is 5.32 Å². The first-order valence-corrected chi connectivity index (χ1v) is 9.21. The second-order valence-electron chi connectivity index (χ2n) is 7.21. The fraction of sp³-hybridized carbons (Fsp3) is 0.588. The molecule has 0 radical (unpaired) electrons. The molecule has 2 N–H and O–H groups in total. The van der Waals surface area contributed by atoms with Gasteiger partial charge in [-0.15, -0.1) is 11.3 Å². The van der Waals surface area contributed by atoms with Crippen molar-refractivity contribution in [3.8, 4) is 0 Å². The predicted octanol–water partition coefficient (Wildman–Crippen LogP) is 3.52. The summed E-state index contributed by atoms with van der Waals surface area (Å²) in [6, 6.07) is 0. The lowest BCUT2D eigenvalue weighted by Gasteiger charge is -2.19. The molecule has 0 aliphatic heterocycles. The molecule has 1 aromatic rings. The van der Waals surface area contributed by atoms with E-state index in [0.717, 1.165) is 24.8 Å². The topological polar surface area (TPSA) is 67.4 Å². The van der Waals surface area contributed by atoms with Crippen molar-refractivity contribution in [2.24, 2.45) is 11.3 Å². The van der Waals surface area contributed by atoms with E-state index >= 15 is 0 Å². The number of carbonyl (C=O) groups excluding carboxylic acids is 2. The Balaban J connectivity index is 2.25. The minimum absolute atomic E-state index is 0.172. The van der Waals surface area contributed by atoms with Crippen LogP contribution < -0.4 is 10.6 Å². The van der Waals surface area contributed by atoms with Gasteiger partial charge in [-0.1, -0.05) is 27.7 Å². The zero-order chi connectivity index (χ0) is 18.1. The number of amides is 1. The van der Waals surface area contributed by atoms with Gasteiger partial charge in [0, 0.05) is 10.3 Å². The highest BCUT2D eigenvalue weighted by molar-refractivity contribution is 7.80. The molecule has 132 valence electrons. The maximum Gasteiger partial charge on any atom is 0.341 e. The normalized spacial score (nSPS) is 17.0. The third-order valence-electron chi connectivity index (χ3n) is 4.04. The Kier molecular flexibility index (Phi) is 5.65. The molecule has 1 amide bonds. The first-order chi connectivity index (χ1) is 11.1. The van der Waals surface area contributed by atoms with E-state index in [2.05, 4.69) is 17.6 Å². The van der Waals surface area contributed by atoms with Crippen LogP contribution in [0.15, 0.2) is 0 Å². The van der Waals surface area contributed by atoms with Gasteiger partial charge in [0.15, 0.2) is 5.11 Å². The number of carbonyl (C=O) groups is 2. The molecule has 0 bridgehead atoms. The highest BCUT2D eigenvalue weighted by Gasteiger charge is 2.29. The molecule has 2 rings (SSSR count). The number of fused-ring (bicyclic) bond motifs is 1. The van der Waals surface area contributed by atoms with Crippen LogP contribution in [0, 0.1) is 11.3 Å². The van der Waals surface area contributed by atoms with Gasteiger partial charge in [0.2, 0.25) is 5.91 Å². The molecular weight excluding hydrogens is 344 g/mol. The summed E-state index contributed by atoms with van der Waals surface area (Å²) < 4.78 is 4.94. The minimum Gasteiger partial charge on any atom is -0.465 e. The molecule has 5 nitrogen and oxygen atoms in total. The number of methoxy groups -OCH3 is 1. The summed E-state index contributed by atoms with van der Waals surface area (Å²) in [5.74, 6) is 0.0612. The average molecular weight is 369 g/mol. The van der Waals surface area contributed by atoms with Gasteiger partial charge in [-0.25, -0.2) is 4.79 Å². The van der Waals surface area contributed by atoms with Crippen LogP contribution in [0.3, 0.4) is 0 Å². The summed E-state index contributed by atoms with van der Waals surface area (Å²) in [5, 5.41) is 6.55. The summed E-state index contributed by atoms with van der Waals surface area (Å²) in [4.78, 5) is 25.5. The largest absolute Gasteiger partial charge is 0.465 e. The van der Waals surface area contributed by atoms with Crippen molar-refractivity contribution in [3.63, 3.8) is 0 Å². The van der Waals surface area contributed by atoms with Crippen LogP contribution in [0.25, 0.3) is 0 Å². The van der Waals surface area contributed by atoms with Crippen LogP contribution in [0.2, 0.25) is 0 Å². The molecule has 1 aliphatic carbocycles. The molecule has 0 saturated heterocycles. The van der Waals surface area contributed by atoms with E-state index < -0.39 is 5.41 Å². The number of ether oxygens (including phenoxy) is 1. The van der Waals surface area contributed by atoms with E-state index in [-0.39, 0.29) is 17.0 Å². The summed E-state index contributed by atoms with van der Waals surface area (Å²) >= 11 is 6.76.